The quantitative estimate of drug-likeness (QED) is 0.248. The summed E-state index contributed by atoms with van der Waals surface area (Å²) in [5.41, 5.74) is 4.36. The molecule has 1 aliphatic heterocycles. The van der Waals surface area contributed by atoms with Gasteiger partial charge in [-0.3, -0.25) is 0 Å². The minimum Gasteiger partial charge on any atom is -0.452 e. The third-order valence-corrected chi connectivity index (χ3v) is 7.10. The molecule has 0 spiro atoms. The minimum atomic E-state index is -0.999. The van der Waals surface area contributed by atoms with Crippen LogP contribution in [-0.2, 0) is 14.2 Å². The van der Waals surface area contributed by atoms with Crippen LogP contribution in [0.3, 0.4) is 0 Å². The first-order valence-corrected chi connectivity index (χ1v) is 13.5. The zero-order valence-electron chi connectivity index (χ0n) is 22.2. The van der Waals surface area contributed by atoms with Crippen LogP contribution in [0.1, 0.15) is 32.5 Å². The van der Waals surface area contributed by atoms with Crippen molar-refractivity contribution in [2.75, 3.05) is 6.61 Å². The van der Waals surface area contributed by atoms with Gasteiger partial charge >= 0.3 is 11.9 Å². The topological polar surface area (TPSA) is 105 Å². The Hall–Kier alpha value is -5.41. The summed E-state index contributed by atoms with van der Waals surface area (Å²) in [4.78, 5) is 36.1. The van der Waals surface area contributed by atoms with Gasteiger partial charge in [0.15, 0.2) is 17.9 Å². The standard InChI is InChI=1S/C33H24N4O5/c38-32(21-12-4-1-5-13-21)41-26-20-40-30(29(26)42-33(39)22-14-6-2-7-15-22)27-28-31(35-25-19-11-10-18-24(25)34-28)37(36-27)23-16-8-3-9-17-23/h1-19,26,29-30H,20H2. The number of rotatable bonds is 6. The lowest BCUT2D eigenvalue weighted by molar-refractivity contribution is -0.0300. The van der Waals surface area contributed by atoms with Gasteiger partial charge in [-0.1, -0.05) is 66.7 Å². The molecule has 0 bridgehead atoms. The van der Waals surface area contributed by atoms with Crippen molar-refractivity contribution in [1.29, 1.82) is 0 Å². The number of aromatic nitrogens is 4. The number of hydrogen-bond acceptors (Lipinski definition) is 8. The predicted octanol–water partition coefficient (Wildman–Crippen LogP) is 5.49. The maximum atomic E-state index is 13.3. The Balaban J connectivity index is 1.32. The molecule has 0 N–H and O–H groups in total. The highest BCUT2D eigenvalue weighted by Gasteiger charge is 2.46. The molecule has 0 radical (unpaired) electrons. The Labute approximate surface area is 240 Å². The highest BCUT2D eigenvalue weighted by atomic mass is 16.6. The van der Waals surface area contributed by atoms with Crippen molar-refractivity contribution in [2.24, 2.45) is 0 Å². The number of fused-ring (bicyclic) bond motifs is 2. The maximum Gasteiger partial charge on any atom is 0.338 e. The molecule has 7 rings (SSSR count). The monoisotopic (exact) mass is 556 g/mol. The molecule has 9 nitrogen and oxygen atoms in total. The number of para-hydroxylation sites is 3. The SMILES string of the molecule is O=C(OC1COC(c2nn(-c3ccccc3)c3nc4ccccc4nc23)C1OC(=O)c1ccccc1)c1ccccc1. The van der Waals surface area contributed by atoms with E-state index in [9.17, 15) is 9.59 Å². The fourth-order valence-corrected chi connectivity index (χ4v) is 5.06. The minimum absolute atomic E-state index is 0.00330. The molecule has 3 atom stereocenters. The van der Waals surface area contributed by atoms with Crippen LogP contribution >= 0.6 is 0 Å². The van der Waals surface area contributed by atoms with Gasteiger partial charge in [-0.05, 0) is 48.5 Å². The second-order valence-corrected chi connectivity index (χ2v) is 9.82. The molecule has 3 heterocycles. The van der Waals surface area contributed by atoms with E-state index in [4.69, 9.17) is 29.3 Å². The predicted molar refractivity (Wildman–Crippen MR) is 154 cm³/mol. The van der Waals surface area contributed by atoms with Crippen LogP contribution in [0.4, 0.5) is 0 Å². The van der Waals surface area contributed by atoms with Crippen molar-refractivity contribution < 1.29 is 23.8 Å². The number of hydrogen-bond donors (Lipinski definition) is 0. The van der Waals surface area contributed by atoms with Crippen LogP contribution in [0, 0.1) is 0 Å². The molecule has 1 aliphatic rings. The van der Waals surface area contributed by atoms with Gasteiger partial charge in [0.1, 0.15) is 17.3 Å². The summed E-state index contributed by atoms with van der Waals surface area (Å²) in [6.07, 6.45) is -2.77. The number of nitrogens with zero attached hydrogens (tertiary/aromatic N) is 4. The Bertz CT molecular complexity index is 1890. The first kappa shape index (κ1) is 25.6. The van der Waals surface area contributed by atoms with E-state index in [0.717, 1.165) is 5.69 Å². The summed E-state index contributed by atoms with van der Waals surface area (Å²) < 4.78 is 19.8. The molecule has 206 valence electrons. The molecule has 6 aromatic rings. The molecular weight excluding hydrogens is 532 g/mol. The summed E-state index contributed by atoms with van der Waals surface area (Å²) in [7, 11) is 0. The van der Waals surface area contributed by atoms with Crippen molar-refractivity contribution in [2.45, 2.75) is 18.3 Å². The lowest BCUT2D eigenvalue weighted by atomic mass is 10.1. The average molecular weight is 557 g/mol. The fraction of sp³-hybridized carbons (Fsp3) is 0.121. The zero-order chi connectivity index (χ0) is 28.5. The van der Waals surface area contributed by atoms with Crippen molar-refractivity contribution in [3.63, 3.8) is 0 Å². The number of carbonyl (C=O) groups excluding carboxylic acids is 2. The molecule has 2 aromatic heterocycles. The lowest BCUT2D eigenvalue weighted by Crippen LogP contribution is -2.35. The van der Waals surface area contributed by atoms with E-state index in [1.807, 2.05) is 66.7 Å². The van der Waals surface area contributed by atoms with Crippen LogP contribution in [0.5, 0.6) is 0 Å². The van der Waals surface area contributed by atoms with Gasteiger partial charge in [0, 0.05) is 0 Å². The van der Waals surface area contributed by atoms with E-state index in [1.54, 1.807) is 53.2 Å². The van der Waals surface area contributed by atoms with Gasteiger partial charge < -0.3 is 14.2 Å². The third-order valence-electron chi connectivity index (χ3n) is 7.10. The summed E-state index contributed by atoms with van der Waals surface area (Å²) >= 11 is 0. The molecular formula is C33H24N4O5. The van der Waals surface area contributed by atoms with E-state index in [1.165, 1.54) is 0 Å². The molecule has 0 aliphatic carbocycles. The van der Waals surface area contributed by atoms with E-state index >= 15 is 0 Å². The van der Waals surface area contributed by atoms with E-state index in [2.05, 4.69) is 0 Å². The van der Waals surface area contributed by atoms with Gasteiger partial charge in [-0.25, -0.2) is 24.2 Å². The summed E-state index contributed by atoms with van der Waals surface area (Å²) in [6, 6.07) is 34.4. The Morgan fingerprint density at radius 3 is 1.88 bits per heavy atom. The van der Waals surface area contributed by atoms with Gasteiger partial charge in [-0.2, -0.15) is 5.10 Å². The van der Waals surface area contributed by atoms with Crippen LogP contribution in [0.15, 0.2) is 115 Å². The number of benzene rings is 4. The maximum absolute atomic E-state index is 13.3. The molecule has 0 saturated carbocycles. The van der Waals surface area contributed by atoms with Crippen LogP contribution < -0.4 is 0 Å². The van der Waals surface area contributed by atoms with Crippen molar-refractivity contribution >= 4 is 34.1 Å². The highest BCUT2D eigenvalue weighted by molar-refractivity contribution is 5.91. The normalized spacial score (nSPS) is 18.2. The third kappa shape index (κ3) is 4.76. The Kier molecular flexibility index (Phi) is 6.61. The average Bonchev–Trinajstić information content (AvgIpc) is 3.61. The summed E-state index contributed by atoms with van der Waals surface area (Å²) in [6.45, 7) is -0.00330. The van der Waals surface area contributed by atoms with E-state index < -0.39 is 30.3 Å². The second kappa shape index (κ2) is 10.9. The lowest BCUT2D eigenvalue weighted by Gasteiger charge is -2.22. The molecule has 1 saturated heterocycles. The Morgan fingerprint density at radius 1 is 0.690 bits per heavy atom. The van der Waals surface area contributed by atoms with Crippen molar-refractivity contribution in [1.82, 2.24) is 19.7 Å². The largest absolute Gasteiger partial charge is 0.452 e. The first-order valence-electron chi connectivity index (χ1n) is 13.5. The number of esters is 2. The number of carbonyl (C=O) groups is 2. The molecule has 3 unspecified atom stereocenters. The smallest absolute Gasteiger partial charge is 0.338 e. The van der Waals surface area contributed by atoms with E-state index in [0.29, 0.717) is 39.0 Å². The summed E-state index contributed by atoms with van der Waals surface area (Å²) in [5, 5.41) is 4.90. The van der Waals surface area contributed by atoms with Crippen LogP contribution in [0.25, 0.3) is 27.9 Å². The van der Waals surface area contributed by atoms with Gasteiger partial charge in [0.25, 0.3) is 0 Å². The Morgan fingerprint density at radius 2 is 1.24 bits per heavy atom. The second-order valence-electron chi connectivity index (χ2n) is 9.82. The molecule has 1 fully saturated rings. The van der Waals surface area contributed by atoms with E-state index in [-0.39, 0.29) is 6.61 Å². The van der Waals surface area contributed by atoms with Gasteiger partial charge in [0.05, 0.1) is 34.5 Å². The van der Waals surface area contributed by atoms with Crippen molar-refractivity contribution in [3.8, 4) is 5.69 Å². The molecule has 42 heavy (non-hydrogen) atoms. The summed E-state index contributed by atoms with van der Waals surface area (Å²) in [5.74, 6) is -1.11. The highest BCUT2D eigenvalue weighted by Crippen LogP contribution is 2.37. The number of ether oxygens (including phenoxy) is 3. The molecule has 4 aromatic carbocycles. The van der Waals surface area contributed by atoms with Crippen molar-refractivity contribution in [3.05, 3.63) is 132 Å². The fourth-order valence-electron chi connectivity index (χ4n) is 5.06. The van der Waals surface area contributed by atoms with Crippen LogP contribution in [-0.4, -0.2) is 50.5 Å². The first-order chi connectivity index (χ1) is 20.7. The zero-order valence-corrected chi connectivity index (χ0v) is 22.2. The van der Waals surface area contributed by atoms with Gasteiger partial charge in [0.2, 0.25) is 0 Å². The molecule has 9 heteroatoms. The van der Waals surface area contributed by atoms with Crippen LogP contribution in [0.2, 0.25) is 0 Å². The molecule has 0 amide bonds. The van der Waals surface area contributed by atoms with Gasteiger partial charge in [-0.15, -0.1) is 0 Å².